The van der Waals surface area contributed by atoms with Gasteiger partial charge in [0.1, 0.15) is 0 Å². The number of nitrogens with zero attached hydrogens (tertiary/aromatic N) is 2. The Morgan fingerprint density at radius 3 is 3.05 bits per heavy atom. The van der Waals surface area contributed by atoms with E-state index in [4.69, 9.17) is 5.11 Å². The number of hydrogen-bond acceptors (Lipinski definition) is 4. The summed E-state index contributed by atoms with van der Waals surface area (Å²) in [6, 6.07) is -0.196. The Balaban J connectivity index is 1.86. The summed E-state index contributed by atoms with van der Waals surface area (Å²) in [4.78, 5) is 29.7. The van der Waals surface area contributed by atoms with E-state index in [1.165, 1.54) is 11.3 Å². The highest BCUT2D eigenvalue weighted by atomic mass is 32.1. The van der Waals surface area contributed by atoms with Gasteiger partial charge in [-0.2, -0.15) is 0 Å². The summed E-state index contributed by atoms with van der Waals surface area (Å²) in [6.45, 7) is 3.27. The molecule has 1 atom stereocenters. The molecule has 1 aliphatic heterocycles. The third-order valence-electron chi connectivity index (χ3n) is 3.30. The quantitative estimate of drug-likeness (QED) is 0.879. The number of carboxylic acid groups (broad SMARTS) is 1. The van der Waals surface area contributed by atoms with Crippen molar-refractivity contribution >= 4 is 23.3 Å². The number of urea groups is 1. The highest BCUT2D eigenvalue weighted by Gasteiger charge is 2.27. The van der Waals surface area contributed by atoms with Crippen molar-refractivity contribution in [3.8, 4) is 0 Å². The van der Waals surface area contributed by atoms with E-state index in [1.54, 1.807) is 10.4 Å². The molecule has 2 N–H and O–H groups in total. The number of aromatic nitrogens is 1. The van der Waals surface area contributed by atoms with Gasteiger partial charge in [0.15, 0.2) is 0 Å². The predicted octanol–water partition coefficient (Wildman–Crippen LogP) is 1.46. The van der Waals surface area contributed by atoms with Gasteiger partial charge in [-0.25, -0.2) is 9.78 Å². The van der Waals surface area contributed by atoms with Crippen LogP contribution in [0.15, 0.2) is 5.51 Å². The van der Waals surface area contributed by atoms with Crippen LogP contribution in [0.1, 0.15) is 23.4 Å². The van der Waals surface area contributed by atoms with Crippen LogP contribution >= 0.6 is 11.3 Å². The standard InChI is InChI=1S/C12H17N3O3S/c1-8-10(19-7-14-8)5-13-12(18)15-4-2-3-9(6-15)11(16)17/h7,9H,2-6H2,1H3,(H,13,18)(H,16,17)/t9-/m0/s1. The molecule has 2 heterocycles. The third-order valence-corrected chi connectivity index (χ3v) is 4.24. The van der Waals surface area contributed by atoms with Crippen LogP contribution in [0.25, 0.3) is 0 Å². The van der Waals surface area contributed by atoms with Crippen LogP contribution in [-0.2, 0) is 11.3 Å². The van der Waals surface area contributed by atoms with Gasteiger partial charge in [-0.1, -0.05) is 0 Å². The molecular formula is C12H17N3O3S. The number of nitrogens with one attached hydrogen (secondary N) is 1. The van der Waals surface area contributed by atoms with Crippen LogP contribution in [0, 0.1) is 12.8 Å². The van der Waals surface area contributed by atoms with E-state index in [1.807, 2.05) is 6.92 Å². The van der Waals surface area contributed by atoms with Crippen LogP contribution in [0.4, 0.5) is 4.79 Å². The maximum Gasteiger partial charge on any atom is 0.317 e. The second kappa shape index (κ2) is 6.01. The molecule has 0 spiro atoms. The Morgan fingerprint density at radius 2 is 2.42 bits per heavy atom. The number of rotatable bonds is 3. The lowest BCUT2D eigenvalue weighted by atomic mass is 9.99. The summed E-state index contributed by atoms with van der Waals surface area (Å²) >= 11 is 1.51. The number of carbonyl (C=O) groups is 2. The number of likely N-dealkylation sites (tertiary alicyclic amines) is 1. The van der Waals surface area contributed by atoms with E-state index in [0.29, 0.717) is 26.1 Å². The zero-order valence-corrected chi connectivity index (χ0v) is 11.6. The number of aryl methyl sites for hydroxylation is 1. The summed E-state index contributed by atoms with van der Waals surface area (Å²) < 4.78 is 0. The Bertz CT molecular complexity index is 475. The number of thiazole rings is 1. The van der Waals surface area contributed by atoms with E-state index in [9.17, 15) is 9.59 Å². The second-order valence-electron chi connectivity index (χ2n) is 4.64. The van der Waals surface area contributed by atoms with Crippen molar-refractivity contribution in [3.63, 3.8) is 0 Å². The van der Waals surface area contributed by atoms with E-state index < -0.39 is 11.9 Å². The molecule has 104 valence electrons. The first-order chi connectivity index (χ1) is 9.08. The van der Waals surface area contributed by atoms with Gasteiger partial charge < -0.3 is 15.3 Å². The average Bonchev–Trinajstić information content (AvgIpc) is 2.81. The number of carbonyl (C=O) groups excluding carboxylic acids is 1. The van der Waals surface area contributed by atoms with E-state index in [-0.39, 0.29) is 6.03 Å². The van der Waals surface area contributed by atoms with Crippen molar-refractivity contribution in [1.82, 2.24) is 15.2 Å². The lowest BCUT2D eigenvalue weighted by Crippen LogP contribution is -2.46. The number of aliphatic carboxylic acids is 1. The smallest absolute Gasteiger partial charge is 0.317 e. The fraction of sp³-hybridized carbons (Fsp3) is 0.583. The van der Waals surface area contributed by atoms with Crippen molar-refractivity contribution in [3.05, 3.63) is 16.1 Å². The van der Waals surface area contributed by atoms with E-state index >= 15 is 0 Å². The number of piperidine rings is 1. The molecule has 6 nitrogen and oxygen atoms in total. The van der Waals surface area contributed by atoms with Gasteiger partial charge in [0.25, 0.3) is 0 Å². The monoisotopic (exact) mass is 283 g/mol. The van der Waals surface area contributed by atoms with Crippen molar-refractivity contribution in [2.45, 2.75) is 26.3 Å². The van der Waals surface area contributed by atoms with Crippen LogP contribution in [0.5, 0.6) is 0 Å². The molecule has 0 unspecified atom stereocenters. The molecule has 0 radical (unpaired) electrons. The Labute approximate surface area is 115 Å². The normalized spacial score (nSPS) is 19.2. The largest absolute Gasteiger partial charge is 0.481 e. The first kappa shape index (κ1) is 13.8. The topological polar surface area (TPSA) is 82.5 Å². The minimum absolute atomic E-state index is 0.196. The summed E-state index contributed by atoms with van der Waals surface area (Å²) in [5.41, 5.74) is 2.67. The van der Waals surface area contributed by atoms with Gasteiger partial charge in [0.2, 0.25) is 0 Å². The highest BCUT2D eigenvalue weighted by Crippen LogP contribution is 2.17. The van der Waals surface area contributed by atoms with Gasteiger partial charge >= 0.3 is 12.0 Å². The van der Waals surface area contributed by atoms with Crippen LogP contribution < -0.4 is 5.32 Å². The van der Waals surface area contributed by atoms with Gasteiger partial charge in [0.05, 0.1) is 23.7 Å². The molecule has 0 bridgehead atoms. The molecule has 1 aliphatic rings. The van der Waals surface area contributed by atoms with Crippen LogP contribution in [0.2, 0.25) is 0 Å². The van der Waals surface area contributed by atoms with Crippen LogP contribution in [-0.4, -0.2) is 40.1 Å². The number of hydrogen-bond donors (Lipinski definition) is 2. The SMILES string of the molecule is Cc1ncsc1CNC(=O)N1CCC[C@H](C(=O)O)C1. The van der Waals surface area contributed by atoms with Crippen molar-refractivity contribution in [1.29, 1.82) is 0 Å². The molecule has 0 aromatic carbocycles. The van der Waals surface area contributed by atoms with Crippen molar-refractivity contribution < 1.29 is 14.7 Å². The maximum atomic E-state index is 12.0. The Morgan fingerprint density at radius 1 is 1.63 bits per heavy atom. The molecule has 1 saturated heterocycles. The lowest BCUT2D eigenvalue weighted by Gasteiger charge is -2.30. The van der Waals surface area contributed by atoms with Gasteiger partial charge in [0, 0.05) is 18.0 Å². The third kappa shape index (κ3) is 3.44. The van der Waals surface area contributed by atoms with Crippen molar-refractivity contribution in [2.24, 2.45) is 5.92 Å². The first-order valence-corrected chi connectivity index (χ1v) is 7.10. The molecular weight excluding hydrogens is 266 g/mol. The zero-order chi connectivity index (χ0) is 13.8. The minimum atomic E-state index is -0.823. The van der Waals surface area contributed by atoms with E-state index in [2.05, 4.69) is 10.3 Å². The Kier molecular flexibility index (Phi) is 4.36. The summed E-state index contributed by atoms with van der Waals surface area (Å²) in [5.74, 6) is -1.26. The molecule has 0 saturated carbocycles. The first-order valence-electron chi connectivity index (χ1n) is 6.22. The van der Waals surface area contributed by atoms with Crippen LogP contribution in [0.3, 0.4) is 0 Å². The molecule has 0 aliphatic carbocycles. The maximum absolute atomic E-state index is 12.0. The molecule has 2 amide bonds. The fourth-order valence-electron chi connectivity index (χ4n) is 2.13. The summed E-state index contributed by atoms with van der Waals surface area (Å²) in [5, 5.41) is 11.8. The Hall–Kier alpha value is -1.63. The minimum Gasteiger partial charge on any atom is -0.481 e. The molecule has 19 heavy (non-hydrogen) atoms. The highest BCUT2D eigenvalue weighted by molar-refractivity contribution is 7.09. The number of amides is 2. The summed E-state index contributed by atoms with van der Waals surface area (Å²) in [6.07, 6.45) is 1.39. The molecule has 1 fully saturated rings. The van der Waals surface area contributed by atoms with E-state index in [0.717, 1.165) is 17.0 Å². The van der Waals surface area contributed by atoms with Gasteiger partial charge in [-0.3, -0.25) is 4.79 Å². The average molecular weight is 283 g/mol. The second-order valence-corrected chi connectivity index (χ2v) is 5.58. The zero-order valence-electron chi connectivity index (χ0n) is 10.8. The molecule has 7 heteroatoms. The van der Waals surface area contributed by atoms with Gasteiger partial charge in [-0.05, 0) is 19.8 Å². The lowest BCUT2D eigenvalue weighted by molar-refractivity contribution is -0.143. The van der Waals surface area contributed by atoms with Crippen molar-refractivity contribution in [2.75, 3.05) is 13.1 Å². The fourth-order valence-corrected chi connectivity index (χ4v) is 2.84. The summed E-state index contributed by atoms with van der Waals surface area (Å²) in [7, 11) is 0. The molecule has 1 aromatic heterocycles. The number of carboxylic acids is 1. The predicted molar refractivity (Wildman–Crippen MR) is 71.0 cm³/mol. The van der Waals surface area contributed by atoms with Gasteiger partial charge in [-0.15, -0.1) is 11.3 Å². The molecule has 1 aromatic rings. The molecule has 2 rings (SSSR count).